The Hall–Kier alpha value is -0.820. The third kappa shape index (κ3) is 5.36. The quantitative estimate of drug-likeness (QED) is 0.752. The van der Waals surface area contributed by atoms with Crippen molar-refractivity contribution < 1.29 is 14.7 Å². The Kier molecular flexibility index (Phi) is 5.61. The van der Waals surface area contributed by atoms with Gasteiger partial charge >= 0.3 is 5.97 Å². The molecule has 0 heterocycles. The summed E-state index contributed by atoms with van der Waals surface area (Å²) in [7, 11) is 0. The Bertz CT molecular complexity index is 503. The van der Waals surface area contributed by atoms with Crippen LogP contribution < -0.4 is 5.32 Å². The van der Waals surface area contributed by atoms with E-state index in [1.807, 2.05) is 0 Å². The summed E-state index contributed by atoms with van der Waals surface area (Å²) in [5, 5.41) is 11.9. The van der Waals surface area contributed by atoms with Crippen molar-refractivity contribution in [1.82, 2.24) is 5.32 Å². The van der Waals surface area contributed by atoms with Crippen molar-refractivity contribution in [3.05, 3.63) is 32.4 Å². The van der Waals surface area contributed by atoms with Crippen LogP contribution in [0.3, 0.4) is 0 Å². The fourth-order valence-electron chi connectivity index (χ4n) is 1.53. The normalized spacial score (nSPS) is 11.2. The number of nitrogens with one attached hydrogen (secondary N) is 1. The Morgan fingerprint density at radius 2 is 2.05 bits per heavy atom. The van der Waals surface area contributed by atoms with Crippen molar-refractivity contribution in [2.75, 3.05) is 0 Å². The molecule has 4 nitrogen and oxygen atoms in total. The molecule has 0 aliphatic heterocycles. The number of aliphatic carboxylic acids is 1. The highest BCUT2D eigenvalue weighted by Gasteiger charge is 2.23. The highest BCUT2D eigenvalue weighted by molar-refractivity contribution is 14.1. The van der Waals surface area contributed by atoms with Gasteiger partial charge in [0.25, 0.3) is 5.91 Å². The first-order valence-corrected chi connectivity index (χ1v) is 7.16. The first-order valence-electron chi connectivity index (χ1n) is 5.70. The largest absolute Gasteiger partial charge is 0.481 e. The Morgan fingerprint density at radius 1 is 1.42 bits per heavy atom. The Morgan fingerprint density at radius 3 is 2.58 bits per heavy atom. The summed E-state index contributed by atoms with van der Waals surface area (Å²) in [6.07, 6.45) is 0.365. The van der Waals surface area contributed by atoms with Gasteiger partial charge in [-0.05, 0) is 61.1 Å². The maximum atomic E-state index is 12.1. The lowest BCUT2D eigenvalue weighted by Gasteiger charge is -2.25. The molecule has 0 fully saturated rings. The van der Waals surface area contributed by atoms with E-state index in [2.05, 4.69) is 27.9 Å². The lowest BCUT2D eigenvalue weighted by atomic mass is 9.98. The van der Waals surface area contributed by atoms with E-state index in [-0.39, 0.29) is 12.3 Å². The molecule has 0 saturated carbocycles. The molecule has 6 heteroatoms. The number of hydrogen-bond acceptors (Lipinski definition) is 2. The number of carboxylic acid groups (broad SMARTS) is 1. The predicted octanol–water partition coefficient (Wildman–Crippen LogP) is 3.32. The molecular formula is C13H15ClINO3. The number of carbonyl (C=O) groups is 2. The highest BCUT2D eigenvalue weighted by Crippen LogP contribution is 2.20. The number of carbonyl (C=O) groups excluding carboxylic acids is 1. The van der Waals surface area contributed by atoms with Gasteiger partial charge in [-0.2, -0.15) is 0 Å². The van der Waals surface area contributed by atoms with Crippen molar-refractivity contribution in [2.45, 2.75) is 32.2 Å². The minimum atomic E-state index is -0.880. The van der Waals surface area contributed by atoms with Crippen LogP contribution >= 0.6 is 34.2 Å². The first-order chi connectivity index (χ1) is 8.71. The SMILES string of the molecule is CC(C)(CCC(=O)O)NC(=O)c1ccc(I)cc1Cl. The number of hydrogen-bond donors (Lipinski definition) is 2. The third-order valence-corrected chi connectivity index (χ3v) is 3.58. The molecule has 19 heavy (non-hydrogen) atoms. The third-order valence-electron chi connectivity index (χ3n) is 2.59. The Labute approximate surface area is 130 Å². The molecule has 1 amide bonds. The summed E-state index contributed by atoms with van der Waals surface area (Å²) in [4.78, 5) is 22.7. The maximum Gasteiger partial charge on any atom is 0.303 e. The van der Waals surface area contributed by atoms with Crippen LogP contribution in [0.15, 0.2) is 18.2 Å². The average molecular weight is 396 g/mol. The molecule has 0 aliphatic rings. The maximum absolute atomic E-state index is 12.1. The van der Waals surface area contributed by atoms with Gasteiger partial charge in [0.15, 0.2) is 0 Å². The molecule has 2 N–H and O–H groups in total. The van der Waals surface area contributed by atoms with Gasteiger partial charge < -0.3 is 10.4 Å². The zero-order chi connectivity index (χ0) is 14.6. The summed E-state index contributed by atoms with van der Waals surface area (Å²) < 4.78 is 0.948. The van der Waals surface area contributed by atoms with Crippen LogP contribution in [0.4, 0.5) is 0 Å². The zero-order valence-electron chi connectivity index (χ0n) is 10.7. The van der Waals surface area contributed by atoms with E-state index < -0.39 is 11.5 Å². The van der Waals surface area contributed by atoms with E-state index in [0.717, 1.165) is 3.57 Å². The van der Waals surface area contributed by atoms with Crippen molar-refractivity contribution >= 4 is 46.1 Å². The molecule has 0 unspecified atom stereocenters. The molecular weight excluding hydrogens is 381 g/mol. The van der Waals surface area contributed by atoms with Crippen molar-refractivity contribution in [1.29, 1.82) is 0 Å². The predicted molar refractivity (Wildman–Crippen MR) is 82.6 cm³/mol. The lowest BCUT2D eigenvalue weighted by molar-refractivity contribution is -0.137. The van der Waals surface area contributed by atoms with Gasteiger partial charge in [0, 0.05) is 15.5 Å². The smallest absolute Gasteiger partial charge is 0.303 e. The number of benzene rings is 1. The molecule has 104 valence electrons. The molecule has 1 rings (SSSR count). The van der Waals surface area contributed by atoms with E-state index in [9.17, 15) is 9.59 Å². The summed E-state index contributed by atoms with van der Waals surface area (Å²) in [5.74, 6) is -1.17. The van der Waals surface area contributed by atoms with Crippen LogP contribution in [0.25, 0.3) is 0 Å². The van der Waals surface area contributed by atoms with Gasteiger partial charge in [0.05, 0.1) is 10.6 Å². The Balaban J connectivity index is 2.75. The van der Waals surface area contributed by atoms with Crippen LogP contribution in [0.1, 0.15) is 37.0 Å². The van der Waals surface area contributed by atoms with Crippen molar-refractivity contribution in [2.24, 2.45) is 0 Å². The van der Waals surface area contributed by atoms with Crippen LogP contribution in [-0.4, -0.2) is 22.5 Å². The summed E-state index contributed by atoms with van der Waals surface area (Å²) in [6, 6.07) is 5.17. The van der Waals surface area contributed by atoms with Crippen molar-refractivity contribution in [3.8, 4) is 0 Å². The number of rotatable bonds is 5. The molecule has 0 atom stereocenters. The summed E-state index contributed by atoms with van der Waals surface area (Å²) >= 11 is 8.13. The van der Waals surface area contributed by atoms with Gasteiger partial charge in [0.1, 0.15) is 0 Å². The average Bonchev–Trinajstić information content (AvgIpc) is 2.25. The second kappa shape index (κ2) is 6.56. The first kappa shape index (κ1) is 16.2. The minimum Gasteiger partial charge on any atom is -0.481 e. The monoisotopic (exact) mass is 395 g/mol. The fraction of sp³-hybridized carbons (Fsp3) is 0.385. The van der Waals surface area contributed by atoms with Gasteiger partial charge in [-0.15, -0.1) is 0 Å². The lowest BCUT2D eigenvalue weighted by Crippen LogP contribution is -2.43. The standard InChI is InChI=1S/C13H15ClINO3/c1-13(2,6-5-11(17)18)16-12(19)9-4-3-8(15)7-10(9)14/h3-4,7H,5-6H2,1-2H3,(H,16,19)(H,17,18). The molecule has 0 aromatic heterocycles. The molecule has 0 bridgehead atoms. The van der Waals surface area contributed by atoms with E-state index in [1.165, 1.54) is 0 Å². The molecule has 0 spiro atoms. The fourth-order valence-corrected chi connectivity index (χ4v) is 2.47. The number of amides is 1. The van der Waals surface area contributed by atoms with Crippen molar-refractivity contribution in [3.63, 3.8) is 0 Å². The summed E-state index contributed by atoms with van der Waals surface area (Å²) in [5.41, 5.74) is -0.201. The highest BCUT2D eigenvalue weighted by atomic mass is 127. The van der Waals surface area contributed by atoms with Crippen LogP contribution in [0.2, 0.25) is 5.02 Å². The topological polar surface area (TPSA) is 66.4 Å². The van der Waals surface area contributed by atoms with E-state index in [0.29, 0.717) is 17.0 Å². The van der Waals surface area contributed by atoms with Crippen LogP contribution in [0.5, 0.6) is 0 Å². The van der Waals surface area contributed by atoms with E-state index in [1.54, 1.807) is 32.0 Å². The number of carboxylic acids is 1. The zero-order valence-corrected chi connectivity index (χ0v) is 13.6. The summed E-state index contributed by atoms with van der Waals surface area (Å²) in [6.45, 7) is 3.57. The molecule has 1 aromatic carbocycles. The van der Waals surface area contributed by atoms with Crippen LogP contribution in [-0.2, 0) is 4.79 Å². The number of halogens is 2. The van der Waals surface area contributed by atoms with Crippen LogP contribution in [0, 0.1) is 3.57 Å². The second-order valence-corrected chi connectivity index (χ2v) is 6.51. The molecule has 0 saturated heterocycles. The van der Waals surface area contributed by atoms with Gasteiger partial charge in [0.2, 0.25) is 0 Å². The second-order valence-electron chi connectivity index (χ2n) is 4.86. The van der Waals surface area contributed by atoms with E-state index in [4.69, 9.17) is 16.7 Å². The van der Waals surface area contributed by atoms with E-state index >= 15 is 0 Å². The van der Waals surface area contributed by atoms with Gasteiger partial charge in [-0.1, -0.05) is 11.6 Å². The molecule has 0 aliphatic carbocycles. The van der Waals surface area contributed by atoms with Gasteiger partial charge in [-0.25, -0.2) is 0 Å². The molecule has 0 radical (unpaired) electrons. The molecule has 1 aromatic rings. The van der Waals surface area contributed by atoms with Gasteiger partial charge in [-0.3, -0.25) is 9.59 Å². The minimum absolute atomic E-state index is 0.00764.